The molecule has 2 saturated heterocycles. The number of carbonyl (C=O) groups is 4. The van der Waals surface area contributed by atoms with E-state index in [0.29, 0.717) is 17.9 Å². The van der Waals surface area contributed by atoms with Crippen LogP contribution in [-0.4, -0.2) is 58.5 Å². The van der Waals surface area contributed by atoms with Crippen molar-refractivity contribution in [3.05, 3.63) is 66.2 Å². The predicted molar refractivity (Wildman–Crippen MR) is 115 cm³/mol. The molecular formula is C22H21N3O6S. The van der Waals surface area contributed by atoms with Crippen LogP contribution in [0.3, 0.4) is 0 Å². The number of benzene rings is 2. The maximum Gasteiger partial charge on any atom is 0.330 e. The molecule has 0 aliphatic carbocycles. The van der Waals surface area contributed by atoms with Gasteiger partial charge < -0.3 is 25.0 Å². The first-order valence-electron chi connectivity index (χ1n) is 9.90. The normalized spacial score (nSPS) is 23.5. The maximum atomic E-state index is 13.0. The molecule has 3 amide bonds. The van der Waals surface area contributed by atoms with Gasteiger partial charge in [-0.05, 0) is 17.7 Å². The van der Waals surface area contributed by atoms with E-state index in [1.165, 1.54) is 16.7 Å². The van der Waals surface area contributed by atoms with Crippen molar-refractivity contribution >= 4 is 36.0 Å². The number of amides is 3. The standard InChI is InChI=1S/C22H21N3O6S/c26-14-23-22(24-18(27)12-30-16-9-5-2-6-10-16)20(29)25-17(13-32-21(22)25)19(28)31-11-15-7-3-1-4-8-15/h1-10,14,17,21H,11-13H2,(H,23,26)(H,24,27)/t17?,21-,22-/m1/s1. The van der Waals surface area contributed by atoms with Gasteiger partial charge in [-0.15, -0.1) is 11.8 Å². The number of β-lactam (4-membered cyclic amide) rings is 1. The van der Waals surface area contributed by atoms with Crippen molar-refractivity contribution in [1.82, 2.24) is 15.5 Å². The highest BCUT2D eigenvalue weighted by atomic mass is 32.2. The zero-order valence-electron chi connectivity index (χ0n) is 16.9. The summed E-state index contributed by atoms with van der Waals surface area (Å²) in [5.41, 5.74) is -0.793. The van der Waals surface area contributed by atoms with Crippen LogP contribution in [0.5, 0.6) is 5.75 Å². The van der Waals surface area contributed by atoms with Gasteiger partial charge in [-0.1, -0.05) is 48.5 Å². The van der Waals surface area contributed by atoms with Gasteiger partial charge in [0.15, 0.2) is 6.61 Å². The van der Waals surface area contributed by atoms with Crippen LogP contribution < -0.4 is 15.4 Å². The van der Waals surface area contributed by atoms with Gasteiger partial charge in [0.05, 0.1) is 0 Å². The van der Waals surface area contributed by atoms with Crippen LogP contribution in [0, 0.1) is 0 Å². The molecule has 2 aromatic rings. The number of hydrogen-bond acceptors (Lipinski definition) is 7. The maximum absolute atomic E-state index is 13.0. The molecule has 0 saturated carbocycles. The van der Waals surface area contributed by atoms with Crippen LogP contribution in [0.15, 0.2) is 60.7 Å². The van der Waals surface area contributed by atoms with E-state index in [0.717, 1.165) is 5.56 Å². The highest BCUT2D eigenvalue weighted by Crippen LogP contribution is 2.45. The fraction of sp³-hybridized carbons (Fsp3) is 0.273. The van der Waals surface area contributed by atoms with E-state index >= 15 is 0 Å². The summed E-state index contributed by atoms with van der Waals surface area (Å²) in [5, 5.41) is 4.37. The Hall–Kier alpha value is -3.53. The van der Waals surface area contributed by atoms with Crippen molar-refractivity contribution in [2.45, 2.75) is 23.7 Å². The number of carbonyl (C=O) groups excluding carboxylic acids is 4. The third-order valence-corrected chi connectivity index (χ3v) is 6.58. The Labute approximate surface area is 188 Å². The number of nitrogens with zero attached hydrogens (tertiary/aromatic N) is 1. The smallest absolute Gasteiger partial charge is 0.330 e. The van der Waals surface area contributed by atoms with Crippen LogP contribution in [0.25, 0.3) is 0 Å². The fourth-order valence-corrected chi connectivity index (χ4v) is 5.18. The number of fused-ring (bicyclic) bond motifs is 1. The second-order valence-electron chi connectivity index (χ2n) is 7.23. The molecule has 4 rings (SSSR count). The molecule has 10 heteroatoms. The van der Waals surface area contributed by atoms with Gasteiger partial charge in [0.25, 0.3) is 11.8 Å². The van der Waals surface area contributed by atoms with Gasteiger partial charge in [0, 0.05) is 5.75 Å². The summed E-state index contributed by atoms with van der Waals surface area (Å²) in [7, 11) is 0. The summed E-state index contributed by atoms with van der Waals surface area (Å²) in [4.78, 5) is 50.6. The molecule has 2 aliphatic rings. The summed E-state index contributed by atoms with van der Waals surface area (Å²) in [5.74, 6) is -0.891. The second kappa shape index (κ2) is 9.31. The van der Waals surface area contributed by atoms with Crippen LogP contribution >= 0.6 is 11.8 Å². The van der Waals surface area contributed by atoms with E-state index in [-0.39, 0.29) is 13.2 Å². The van der Waals surface area contributed by atoms with Crippen molar-refractivity contribution in [3.8, 4) is 5.75 Å². The molecule has 1 unspecified atom stereocenters. The number of rotatable bonds is 9. The topological polar surface area (TPSA) is 114 Å². The van der Waals surface area contributed by atoms with Gasteiger partial charge >= 0.3 is 5.97 Å². The molecule has 2 aromatic carbocycles. The minimum atomic E-state index is -1.63. The molecule has 0 radical (unpaired) electrons. The largest absolute Gasteiger partial charge is 0.484 e. The molecule has 9 nitrogen and oxygen atoms in total. The molecular weight excluding hydrogens is 434 g/mol. The molecule has 32 heavy (non-hydrogen) atoms. The number of para-hydroxylation sites is 1. The monoisotopic (exact) mass is 455 g/mol. The van der Waals surface area contributed by atoms with Gasteiger partial charge in [0.2, 0.25) is 12.1 Å². The summed E-state index contributed by atoms with van der Waals surface area (Å²) < 4.78 is 10.8. The number of nitrogens with one attached hydrogen (secondary N) is 2. The van der Waals surface area contributed by atoms with Crippen LogP contribution in [0.2, 0.25) is 0 Å². The first-order chi connectivity index (χ1) is 15.5. The molecule has 0 spiro atoms. The Bertz CT molecular complexity index is 1010. The summed E-state index contributed by atoms with van der Waals surface area (Å²) in [6, 6.07) is 17.2. The van der Waals surface area contributed by atoms with E-state index in [9.17, 15) is 19.2 Å². The lowest BCUT2D eigenvalue weighted by atomic mass is 9.95. The third-order valence-electron chi connectivity index (χ3n) is 5.17. The minimum Gasteiger partial charge on any atom is -0.484 e. The first-order valence-corrected chi connectivity index (χ1v) is 10.9. The van der Waals surface area contributed by atoms with Crippen molar-refractivity contribution in [2.75, 3.05) is 12.4 Å². The number of hydrogen-bond donors (Lipinski definition) is 2. The van der Waals surface area contributed by atoms with E-state index in [1.807, 2.05) is 36.4 Å². The van der Waals surface area contributed by atoms with E-state index < -0.39 is 34.9 Å². The third kappa shape index (κ3) is 4.13. The lowest BCUT2D eigenvalue weighted by Gasteiger charge is -2.52. The van der Waals surface area contributed by atoms with E-state index in [1.54, 1.807) is 24.3 Å². The number of thioether (sulfide) groups is 1. The van der Waals surface area contributed by atoms with Crippen LogP contribution in [-0.2, 0) is 30.5 Å². The van der Waals surface area contributed by atoms with E-state index in [4.69, 9.17) is 9.47 Å². The number of esters is 1. The molecule has 166 valence electrons. The van der Waals surface area contributed by atoms with Crippen LogP contribution in [0.4, 0.5) is 0 Å². The summed E-state index contributed by atoms with van der Waals surface area (Å²) in [6.07, 6.45) is 0.356. The van der Waals surface area contributed by atoms with Crippen molar-refractivity contribution in [3.63, 3.8) is 0 Å². The van der Waals surface area contributed by atoms with Gasteiger partial charge in [-0.2, -0.15) is 0 Å². The number of ether oxygens (including phenoxy) is 2. The second-order valence-corrected chi connectivity index (χ2v) is 8.34. The Balaban J connectivity index is 1.37. The summed E-state index contributed by atoms with van der Waals surface area (Å²) in [6.45, 7) is -0.238. The van der Waals surface area contributed by atoms with Gasteiger partial charge in [-0.3, -0.25) is 14.4 Å². The molecule has 2 N–H and O–H groups in total. The van der Waals surface area contributed by atoms with Crippen LogP contribution in [0.1, 0.15) is 5.56 Å². The Kier molecular flexibility index (Phi) is 6.31. The first kappa shape index (κ1) is 21.7. The van der Waals surface area contributed by atoms with Crippen molar-refractivity contribution in [1.29, 1.82) is 0 Å². The molecule has 3 atom stereocenters. The SMILES string of the molecule is O=CN[C@@]1(NC(=O)COc2ccccc2)C(=O)N2C(C(=O)OCc3ccccc3)CS[C@@H]21. The summed E-state index contributed by atoms with van der Waals surface area (Å²) >= 11 is 1.28. The highest BCUT2D eigenvalue weighted by Gasteiger charge is 2.68. The van der Waals surface area contributed by atoms with Crippen molar-refractivity contribution in [2.24, 2.45) is 0 Å². The average Bonchev–Trinajstić information content (AvgIpc) is 3.24. The van der Waals surface area contributed by atoms with Crippen molar-refractivity contribution < 1.29 is 28.7 Å². The Morgan fingerprint density at radius 1 is 1.12 bits per heavy atom. The molecule has 2 heterocycles. The Morgan fingerprint density at radius 2 is 1.81 bits per heavy atom. The molecule has 0 bridgehead atoms. The fourth-order valence-electron chi connectivity index (χ4n) is 3.64. The minimum absolute atomic E-state index is 0.0961. The highest BCUT2D eigenvalue weighted by molar-refractivity contribution is 8.00. The zero-order chi connectivity index (χ0) is 22.6. The Morgan fingerprint density at radius 3 is 2.50 bits per heavy atom. The predicted octanol–water partition coefficient (Wildman–Crippen LogP) is 0.651. The molecule has 2 aliphatic heterocycles. The lowest BCUT2D eigenvalue weighted by Crippen LogP contribution is -2.84. The van der Waals surface area contributed by atoms with Gasteiger partial charge in [0.1, 0.15) is 23.8 Å². The van der Waals surface area contributed by atoms with Gasteiger partial charge in [-0.25, -0.2) is 4.79 Å². The molecule has 0 aromatic heterocycles. The van der Waals surface area contributed by atoms with E-state index in [2.05, 4.69) is 10.6 Å². The molecule has 2 fully saturated rings. The quantitative estimate of drug-likeness (QED) is 0.247. The average molecular weight is 455 g/mol. The lowest BCUT2D eigenvalue weighted by molar-refractivity contribution is -0.172. The zero-order valence-corrected chi connectivity index (χ0v) is 17.7.